The molecule has 0 bridgehead atoms. The van der Waals surface area contributed by atoms with Crippen LogP contribution in [-0.2, 0) is 10.0 Å². The third-order valence-electron chi connectivity index (χ3n) is 5.83. The van der Waals surface area contributed by atoms with E-state index in [9.17, 15) is 13.5 Å². The van der Waals surface area contributed by atoms with Gasteiger partial charge in [0, 0.05) is 18.2 Å². The fraction of sp³-hybridized carbons (Fsp3) is 0.364. The maximum absolute atomic E-state index is 13.4. The lowest BCUT2D eigenvalue weighted by molar-refractivity contribution is 0.210. The molecule has 0 saturated carbocycles. The van der Waals surface area contributed by atoms with Gasteiger partial charge in [0.05, 0.1) is 23.6 Å². The van der Waals surface area contributed by atoms with E-state index in [1.54, 1.807) is 16.4 Å². The van der Waals surface area contributed by atoms with E-state index in [0.29, 0.717) is 11.4 Å². The van der Waals surface area contributed by atoms with E-state index in [2.05, 4.69) is 11.4 Å². The number of aryl methyl sites for hydroxylation is 1. The molecule has 6 heteroatoms. The van der Waals surface area contributed by atoms with E-state index in [4.69, 9.17) is 0 Å². The summed E-state index contributed by atoms with van der Waals surface area (Å²) in [7, 11) is -3.62. The highest BCUT2D eigenvalue weighted by atomic mass is 32.2. The Balaban J connectivity index is 1.81. The molecule has 28 heavy (non-hydrogen) atoms. The molecule has 2 aromatic rings. The molecule has 0 radical (unpaired) electrons. The molecular weight excluding hydrogens is 372 g/mol. The number of benzene rings is 2. The summed E-state index contributed by atoms with van der Waals surface area (Å²) >= 11 is 0. The van der Waals surface area contributed by atoms with E-state index in [1.807, 2.05) is 50.3 Å². The third-order valence-corrected chi connectivity index (χ3v) is 7.73. The minimum atomic E-state index is -3.62. The van der Waals surface area contributed by atoms with Crippen molar-refractivity contribution in [3.63, 3.8) is 0 Å². The van der Waals surface area contributed by atoms with Gasteiger partial charge in [-0.25, -0.2) is 8.42 Å². The average Bonchev–Trinajstić information content (AvgIpc) is 3.14. The summed E-state index contributed by atoms with van der Waals surface area (Å²) in [4.78, 5) is 0.323. The fourth-order valence-electron chi connectivity index (χ4n) is 4.45. The number of nitrogens with one attached hydrogen (secondary N) is 1. The Bertz CT molecular complexity index is 999. The summed E-state index contributed by atoms with van der Waals surface area (Å²) < 4.78 is 28.5. The van der Waals surface area contributed by atoms with Crippen LogP contribution in [0.4, 0.5) is 5.69 Å². The van der Waals surface area contributed by atoms with E-state index in [-0.39, 0.29) is 24.6 Å². The molecule has 2 N–H and O–H groups in total. The molecule has 2 aliphatic heterocycles. The van der Waals surface area contributed by atoms with Gasteiger partial charge in [0.2, 0.25) is 10.0 Å². The van der Waals surface area contributed by atoms with Crippen LogP contribution >= 0.6 is 0 Å². The van der Waals surface area contributed by atoms with Crippen LogP contribution in [0.5, 0.6) is 0 Å². The molecule has 1 fully saturated rings. The Morgan fingerprint density at radius 1 is 1.21 bits per heavy atom. The highest BCUT2D eigenvalue weighted by molar-refractivity contribution is 7.89. The van der Waals surface area contributed by atoms with Crippen molar-refractivity contribution >= 4 is 21.8 Å². The second-order valence-corrected chi connectivity index (χ2v) is 9.50. The van der Waals surface area contributed by atoms with Gasteiger partial charge in [0.15, 0.2) is 0 Å². The van der Waals surface area contributed by atoms with E-state index >= 15 is 0 Å². The Morgan fingerprint density at radius 2 is 1.96 bits per heavy atom. The number of fused-ring (bicyclic) bond motifs is 3. The van der Waals surface area contributed by atoms with Crippen LogP contribution in [0, 0.1) is 12.8 Å². The van der Waals surface area contributed by atoms with Crippen molar-refractivity contribution in [3.8, 4) is 0 Å². The molecule has 0 aliphatic carbocycles. The van der Waals surface area contributed by atoms with Crippen molar-refractivity contribution in [2.45, 2.75) is 37.2 Å². The number of nitrogens with zero attached hydrogens (tertiary/aromatic N) is 1. The molecule has 2 aliphatic rings. The van der Waals surface area contributed by atoms with Gasteiger partial charge in [-0.15, -0.1) is 0 Å². The number of aliphatic hydroxyl groups is 1. The van der Waals surface area contributed by atoms with Crippen LogP contribution in [0.2, 0.25) is 0 Å². The molecule has 2 heterocycles. The summed E-state index contributed by atoms with van der Waals surface area (Å²) in [6, 6.07) is 12.7. The van der Waals surface area contributed by atoms with Crippen molar-refractivity contribution in [1.29, 1.82) is 0 Å². The molecule has 4 rings (SSSR count). The first-order valence-electron chi connectivity index (χ1n) is 9.68. The van der Waals surface area contributed by atoms with E-state index < -0.39 is 10.0 Å². The maximum atomic E-state index is 13.4. The molecule has 0 aromatic heterocycles. The van der Waals surface area contributed by atoms with Crippen LogP contribution in [0.25, 0.3) is 6.08 Å². The summed E-state index contributed by atoms with van der Waals surface area (Å²) in [6.45, 7) is 4.35. The zero-order chi connectivity index (χ0) is 19.9. The lowest BCUT2D eigenvalue weighted by Crippen LogP contribution is -2.42. The molecule has 0 unspecified atom stereocenters. The number of hydrogen-bond acceptors (Lipinski definition) is 4. The highest BCUT2D eigenvalue weighted by Crippen LogP contribution is 2.48. The lowest BCUT2D eigenvalue weighted by atomic mass is 9.83. The number of hydrogen-bond donors (Lipinski definition) is 2. The van der Waals surface area contributed by atoms with Gasteiger partial charge in [0.25, 0.3) is 0 Å². The zero-order valence-corrected chi connectivity index (χ0v) is 17.0. The zero-order valence-electron chi connectivity index (χ0n) is 16.2. The lowest BCUT2D eigenvalue weighted by Gasteiger charge is -2.39. The fourth-order valence-corrected chi connectivity index (χ4v) is 6.12. The molecule has 0 amide bonds. The largest absolute Gasteiger partial charge is 0.394 e. The Labute approximate surface area is 166 Å². The van der Waals surface area contributed by atoms with Crippen molar-refractivity contribution < 1.29 is 13.5 Å². The van der Waals surface area contributed by atoms with Gasteiger partial charge in [-0.1, -0.05) is 35.9 Å². The van der Waals surface area contributed by atoms with Crippen LogP contribution in [0.15, 0.2) is 53.4 Å². The molecule has 0 spiro atoms. The minimum absolute atomic E-state index is 0.0182. The monoisotopic (exact) mass is 398 g/mol. The minimum Gasteiger partial charge on any atom is -0.394 e. The summed E-state index contributed by atoms with van der Waals surface area (Å²) in [6.07, 6.45) is 4.71. The van der Waals surface area contributed by atoms with Gasteiger partial charge in [0.1, 0.15) is 0 Å². The molecule has 3 atom stereocenters. The standard InChI is InChI=1S/C22H26N2O3S/c1-3-4-16-7-10-20-19(13-16)22-18(21(14-25)23-20)11-12-24(22)28(26,27)17-8-5-15(2)6-9-17/h3-10,13,18,21-23,25H,11-12,14H2,1-2H3/b4-3+/t18-,21+,22-/m0/s1. The molecule has 148 valence electrons. The number of sulfonamides is 1. The van der Waals surface area contributed by atoms with E-state index in [0.717, 1.165) is 28.8 Å². The predicted octanol–water partition coefficient (Wildman–Crippen LogP) is 3.57. The average molecular weight is 399 g/mol. The van der Waals surface area contributed by atoms with Crippen LogP contribution in [0.1, 0.15) is 36.1 Å². The Hall–Kier alpha value is -2.15. The maximum Gasteiger partial charge on any atom is 0.243 e. The summed E-state index contributed by atoms with van der Waals surface area (Å²) in [5.74, 6) is 0.0404. The summed E-state index contributed by atoms with van der Waals surface area (Å²) in [5.41, 5.74) is 3.96. The second-order valence-electron chi connectivity index (χ2n) is 7.61. The van der Waals surface area contributed by atoms with Crippen molar-refractivity contribution in [3.05, 3.63) is 65.2 Å². The van der Waals surface area contributed by atoms with Gasteiger partial charge >= 0.3 is 0 Å². The predicted molar refractivity (Wildman–Crippen MR) is 112 cm³/mol. The van der Waals surface area contributed by atoms with Gasteiger partial charge in [-0.2, -0.15) is 4.31 Å². The normalized spacial score (nSPS) is 24.8. The summed E-state index contributed by atoms with van der Waals surface area (Å²) in [5, 5.41) is 13.3. The van der Waals surface area contributed by atoms with E-state index in [1.165, 1.54) is 0 Å². The van der Waals surface area contributed by atoms with Crippen LogP contribution in [0.3, 0.4) is 0 Å². The van der Waals surface area contributed by atoms with Gasteiger partial charge in [-0.3, -0.25) is 0 Å². The molecular formula is C22H26N2O3S. The second kappa shape index (κ2) is 7.35. The SMILES string of the molecule is C/C=C/c1ccc2c(c1)[C@@H]1[C@@H](CCN1S(=O)(=O)c1ccc(C)cc1)[C@@H](CO)N2. The van der Waals surface area contributed by atoms with Crippen LogP contribution < -0.4 is 5.32 Å². The van der Waals surface area contributed by atoms with Crippen molar-refractivity contribution in [2.75, 3.05) is 18.5 Å². The molecule has 1 saturated heterocycles. The first-order valence-corrected chi connectivity index (χ1v) is 11.1. The number of anilines is 1. The molecule has 2 aromatic carbocycles. The number of rotatable bonds is 4. The van der Waals surface area contributed by atoms with Crippen molar-refractivity contribution in [1.82, 2.24) is 4.31 Å². The Morgan fingerprint density at radius 3 is 2.64 bits per heavy atom. The van der Waals surface area contributed by atoms with Crippen LogP contribution in [-0.4, -0.2) is 37.0 Å². The number of allylic oxidation sites excluding steroid dienone is 1. The molecule has 5 nitrogen and oxygen atoms in total. The third kappa shape index (κ3) is 3.15. The quantitative estimate of drug-likeness (QED) is 0.826. The first kappa shape index (κ1) is 19.2. The first-order chi connectivity index (χ1) is 13.5. The smallest absolute Gasteiger partial charge is 0.243 e. The van der Waals surface area contributed by atoms with Crippen molar-refractivity contribution in [2.24, 2.45) is 5.92 Å². The topological polar surface area (TPSA) is 69.6 Å². The number of aliphatic hydroxyl groups excluding tert-OH is 1. The Kier molecular flexibility index (Phi) is 5.04. The van der Waals surface area contributed by atoms with Gasteiger partial charge < -0.3 is 10.4 Å². The highest BCUT2D eigenvalue weighted by Gasteiger charge is 2.48. The van der Waals surface area contributed by atoms with Gasteiger partial charge in [-0.05, 0) is 55.7 Å².